The summed E-state index contributed by atoms with van der Waals surface area (Å²) in [7, 11) is 0. The second kappa shape index (κ2) is 4.45. The Morgan fingerprint density at radius 1 is 1.20 bits per heavy atom. The van der Waals surface area contributed by atoms with Crippen molar-refractivity contribution in [2.45, 2.75) is 19.9 Å². The predicted octanol–water partition coefficient (Wildman–Crippen LogP) is 2.98. The van der Waals surface area contributed by atoms with Gasteiger partial charge in [-0.05, 0) is 47.9 Å². The molecule has 0 bridgehead atoms. The Labute approximate surface area is 97.7 Å². The lowest BCUT2D eigenvalue weighted by molar-refractivity contribution is 0.643. The van der Waals surface area contributed by atoms with Crippen molar-refractivity contribution in [1.29, 1.82) is 0 Å². The molecule has 0 fully saturated rings. The van der Waals surface area contributed by atoms with Gasteiger partial charge in [-0.2, -0.15) is 0 Å². The van der Waals surface area contributed by atoms with E-state index in [9.17, 15) is 0 Å². The normalized spacial score (nSPS) is 13.0. The van der Waals surface area contributed by atoms with Gasteiger partial charge in [0.2, 0.25) is 0 Å². The zero-order valence-electron chi connectivity index (χ0n) is 8.78. The van der Waals surface area contributed by atoms with Gasteiger partial charge in [0, 0.05) is 9.75 Å². The number of hydrogen-bond donors (Lipinski definition) is 2. The number of rotatable bonds is 3. The lowest BCUT2D eigenvalue weighted by Gasteiger charge is -2.15. The summed E-state index contributed by atoms with van der Waals surface area (Å²) >= 11 is 3.51. The van der Waals surface area contributed by atoms with Crippen LogP contribution in [0.1, 0.15) is 26.9 Å². The summed E-state index contributed by atoms with van der Waals surface area (Å²) in [5.41, 5.74) is 5.49. The second-order valence-electron chi connectivity index (χ2n) is 3.50. The first-order valence-corrected chi connectivity index (χ1v) is 6.54. The van der Waals surface area contributed by atoms with E-state index in [1.54, 1.807) is 22.7 Å². The van der Waals surface area contributed by atoms with E-state index in [0.29, 0.717) is 0 Å². The molecule has 2 aromatic heterocycles. The maximum absolute atomic E-state index is 5.65. The van der Waals surface area contributed by atoms with Crippen molar-refractivity contribution in [2.24, 2.45) is 5.84 Å². The Morgan fingerprint density at radius 2 is 1.93 bits per heavy atom. The van der Waals surface area contributed by atoms with Crippen LogP contribution in [0.2, 0.25) is 0 Å². The zero-order chi connectivity index (χ0) is 10.8. The van der Waals surface area contributed by atoms with Gasteiger partial charge >= 0.3 is 0 Å². The van der Waals surface area contributed by atoms with Crippen LogP contribution < -0.4 is 11.3 Å². The summed E-state index contributed by atoms with van der Waals surface area (Å²) in [6.45, 7) is 4.26. The molecule has 0 spiro atoms. The van der Waals surface area contributed by atoms with Crippen LogP contribution in [0.5, 0.6) is 0 Å². The van der Waals surface area contributed by atoms with Gasteiger partial charge < -0.3 is 0 Å². The Hall–Kier alpha value is -0.680. The predicted molar refractivity (Wildman–Crippen MR) is 67.3 cm³/mol. The number of hydrazine groups is 1. The summed E-state index contributed by atoms with van der Waals surface area (Å²) in [5.74, 6) is 5.65. The standard InChI is InChI=1S/C11H14N2S2/c1-7-3-5-15-11(7)10(13-12)9-4-6-14-8(9)2/h3-6,10,13H,12H2,1-2H3. The van der Waals surface area contributed by atoms with Crippen molar-refractivity contribution in [2.75, 3.05) is 0 Å². The van der Waals surface area contributed by atoms with E-state index in [1.807, 2.05) is 0 Å². The smallest absolute Gasteiger partial charge is 0.0815 e. The monoisotopic (exact) mass is 238 g/mol. The van der Waals surface area contributed by atoms with E-state index in [4.69, 9.17) is 5.84 Å². The highest BCUT2D eigenvalue weighted by Crippen LogP contribution is 2.32. The zero-order valence-corrected chi connectivity index (χ0v) is 10.4. The Morgan fingerprint density at radius 3 is 2.40 bits per heavy atom. The average molecular weight is 238 g/mol. The Bertz CT molecular complexity index is 405. The molecule has 0 aliphatic carbocycles. The first-order valence-electron chi connectivity index (χ1n) is 4.78. The topological polar surface area (TPSA) is 38.0 Å². The fourth-order valence-corrected chi connectivity index (χ4v) is 3.43. The molecule has 3 N–H and O–H groups in total. The van der Waals surface area contributed by atoms with Crippen LogP contribution in [-0.2, 0) is 0 Å². The van der Waals surface area contributed by atoms with Crippen molar-refractivity contribution in [1.82, 2.24) is 5.43 Å². The molecule has 0 amide bonds. The van der Waals surface area contributed by atoms with Crippen molar-refractivity contribution < 1.29 is 0 Å². The molecule has 2 rings (SSSR count). The number of thiophene rings is 2. The van der Waals surface area contributed by atoms with Crippen LogP contribution in [0.15, 0.2) is 22.9 Å². The van der Waals surface area contributed by atoms with Gasteiger partial charge in [0.05, 0.1) is 6.04 Å². The summed E-state index contributed by atoms with van der Waals surface area (Å²) in [6.07, 6.45) is 0. The summed E-state index contributed by atoms with van der Waals surface area (Å²) in [5, 5.41) is 4.22. The van der Waals surface area contributed by atoms with Gasteiger partial charge in [-0.1, -0.05) is 0 Å². The fraction of sp³-hybridized carbons (Fsp3) is 0.273. The van der Waals surface area contributed by atoms with Gasteiger partial charge in [0.1, 0.15) is 0 Å². The van der Waals surface area contributed by atoms with Crippen LogP contribution in [-0.4, -0.2) is 0 Å². The van der Waals surface area contributed by atoms with Crippen molar-refractivity contribution >= 4 is 22.7 Å². The van der Waals surface area contributed by atoms with Gasteiger partial charge in [-0.15, -0.1) is 22.7 Å². The molecule has 0 aromatic carbocycles. The molecule has 1 unspecified atom stereocenters. The third-order valence-electron chi connectivity index (χ3n) is 2.54. The molecule has 0 aliphatic heterocycles. The molecular formula is C11H14N2S2. The fourth-order valence-electron chi connectivity index (χ4n) is 1.68. The van der Waals surface area contributed by atoms with Crippen LogP contribution in [0, 0.1) is 13.8 Å². The van der Waals surface area contributed by atoms with E-state index in [1.165, 1.54) is 20.9 Å². The van der Waals surface area contributed by atoms with Gasteiger partial charge in [0.15, 0.2) is 0 Å². The second-order valence-corrected chi connectivity index (χ2v) is 5.57. The minimum absolute atomic E-state index is 0.135. The third-order valence-corrected chi connectivity index (χ3v) is 4.49. The molecule has 2 aromatic rings. The summed E-state index contributed by atoms with van der Waals surface area (Å²) < 4.78 is 0. The SMILES string of the molecule is Cc1ccsc1C(NN)c1ccsc1C. The summed E-state index contributed by atoms with van der Waals surface area (Å²) in [6, 6.07) is 4.41. The van der Waals surface area contributed by atoms with E-state index < -0.39 is 0 Å². The van der Waals surface area contributed by atoms with E-state index in [-0.39, 0.29) is 6.04 Å². The number of hydrogen-bond acceptors (Lipinski definition) is 4. The molecule has 0 saturated heterocycles. The molecule has 0 saturated carbocycles. The highest BCUT2D eigenvalue weighted by atomic mass is 32.1. The minimum Gasteiger partial charge on any atom is -0.271 e. The van der Waals surface area contributed by atoms with E-state index in [0.717, 1.165) is 0 Å². The molecule has 1 atom stereocenters. The Balaban J connectivity index is 2.41. The highest BCUT2D eigenvalue weighted by Gasteiger charge is 2.18. The molecule has 2 nitrogen and oxygen atoms in total. The van der Waals surface area contributed by atoms with Gasteiger partial charge in [-0.3, -0.25) is 5.84 Å². The van der Waals surface area contributed by atoms with E-state index >= 15 is 0 Å². The van der Waals surface area contributed by atoms with Crippen LogP contribution in [0.4, 0.5) is 0 Å². The van der Waals surface area contributed by atoms with Crippen LogP contribution >= 0.6 is 22.7 Å². The molecule has 4 heteroatoms. The molecule has 80 valence electrons. The minimum atomic E-state index is 0.135. The summed E-state index contributed by atoms with van der Waals surface area (Å²) in [4.78, 5) is 2.63. The first kappa shape index (κ1) is 10.8. The van der Waals surface area contributed by atoms with Gasteiger partial charge in [-0.25, -0.2) is 5.43 Å². The quantitative estimate of drug-likeness (QED) is 0.637. The molecular weight excluding hydrogens is 224 g/mol. The van der Waals surface area contributed by atoms with E-state index in [2.05, 4.69) is 42.2 Å². The van der Waals surface area contributed by atoms with Crippen molar-refractivity contribution in [3.63, 3.8) is 0 Å². The van der Waals surface area contributed by atoms with Crippen LogP contribution in [0.3, 0.4) is 0 Å². The maximum atomic E-state index is 5.65. The Kier molecular flexibility index (Phi) is 3.21. The molecule has 2 heterocycles. The molecule has 0 aliphatic rings. The molecule has 15 heavy (non-hydrogen) atoms. The largest absolute Gasteiger partial charge is 0.271 e. The third kappa shape index (κ3) is 1.99. The number of aryl methyl sites for hydroxylation is 2. The van der Waals surface area contributed by atoms with Gasteiger partial charge in [0.25, 0.3) is 0 Å². The number of nitrogens with two attached hydrogens (primary N) is 1. The lowest BCUT2D eigenvalue weighted by atomic mass is 10.1. The number of nitrogens with one attached hydrogen (secondary N) is 1. The first-order chi connectivity index (χ1) is 7.24. The van der Waals surface area contributed by atoms with Crippen LogP contribution in [0.25, 0.3) is 0 Å². The average Bonchev–Trinajstić information content (AvgIpc) is 2.80. The lowest BCUT2D eigenvalue weighted by Crippen LogP contribution is -2.28. The highest BCUT2D eigenvalue weighted by molar-refractivity contribution is 7.10. The van der Waals surface area contributed by atoms with Crippen molar-refractivity contribution in [3.05, 3.63) is 43.8 Å². The molecule has 0 radical (unpaired) electrons. The van der Waals surface area contributed by atoms with Crippen molar-refractivity contribution in [3.8, 4) is 0 Å². The maximum Gasteiger partial charge on any atom is 0.0815 e.